The zero-order valence-corrected chi connectivity index (χ0v) is 15.9. The van der Waals surface area contributed by atoms with Crippen LogP contribution in [0.25, 0.3) is 0 Å². The lowest BCUT2D eigenvalue weighted by molar-refractivity contribution is -0.168. The van der Waals surface area contributed by atoms with Crippen LogP contribution in [-0.2, 0) is 23.9 Å². The average molecular weight is 382 g/mol. The van der Waals surface area contributed by atoms with Gasteiger partial charge in [0, 0.05) is 22.9 Å². The summed E-state index contributed by atoms with van der Waals surface area (Å²) in [5.41, 5.74) is -0.947. The van der Waals surface area contributed by atoms with Crippen molar-refractivity contribution in [1.29, 1.82) is 0 Å². The summed E-state index contributed by atoms with van der Waals surface area (Å²) in [6.07, 6.45) is 1.22. The molecule has 1 saturated heterocycles. The summed E-state index contributed by atoms with van der Waals surface area (Å²) in [5.74, 6) is -2.60. The van der Waals surface area contributed by atoms with E-state index in [9.17, 15) is 14.4 Å². The first kappa shape index (κ1) is 20.4. The number of hydrogen-bond acceptors (Lipinski definition) is 6. The minimum atomic E-state index is -1.71. The van der Waals surface area contributed by atoms with Gasteiger partial charge in [0.05, 0.1) is 13.2 Å². The predicted molar refractivity (Wildman–Crippen MR) is 96.7 cm³/mol. The Morgan fingerprint density at radius 2 is 1.65 bits per heavy atom. The third-order valence-corrected chi connectivity index (χ3v) is 5.06. The van der Waals surface area contributed by atoms with E-state index in [-0.39, 0.29) is 13.2 Å². The van der Waals surface area contributed by atoms with Crippen molar-refractivity contribution in [3.05, 3.63) is 34.9 Å². The van der Waals surface area contributed by atoms with E-state index in [0.29, 0.717) is 11.4 Å². The van der Waals surface area contributed by atoms with Crippen LogP contribution in [0.15, 0.2) is 24.3 Å². The molecular formula is C19H24ClNO5. The smallest absolute Gasteiger partial charge is 0.338 e. The summed E-state index contributed by atoms with van der Waals surface area (Å²) in [6.45, 7) is 5.41. The average Bonchev–Trinajstić information content (AvgIpc) is 2.98. The highest BCUT2D eigenvalue weighted by molar-refractivity contribution is 6.30. The summed E-state index contributed by atoms with van der Waals surface area (Å²) in [4.78, 5) is 37.6. The van der Waals surface area contributed by atoms with E-state index in [1.165, 1.54) is 0 Å². The molecular weight excluding hydrogens is 358 g/mol. The molecule has 0 aliphatic carbocycles. The fourth-order valence-electron chi connectivity index (χ4n) is 3.69. The molecule has 1 heterocycles. The van der Waals surface area contributed by atoms with Crippen LogP contribution in [0.3, 0.4) is 0 Å². The van der Waals surface area contributed by atoms with E-state index < -0.39 is 35.4 Å². The van der Waals surface area contributed by atoms with Gasteiger partial charge >= 0.3 is 11.9 Å². The molecule has 1 fully saturated rings. The largest absolute Gasteiger partial charge is 0.464 e. The molecule has 1 N–H and O–H groups in total. The fourth-order valence-corrected chi connectivity index (χ4v) is 3.82. The lowest BCUT2D eigenvalue weighted by atomic mass is 9.76. The van der Waals surface area contributed by atoms with Gasteiger partial charge in [-0.05, 0) is 38.0 Å². The molecule has 26 heavy (non-hydrogen) atoms. The Bertz CT molecular complexity index is 642. The molecule has 1 aromatic rings. The SMILES string of the molecule is CCOC(=O)C1(C(=O)OCC)N[C@H](c2ccc(Cl)cc2)[C@H](C=O)[C@H]1CC. The van der Waals surface area contributed by atoms with Gasteiger partial charge in [-0.3, -0.25) is 5.32 Å². The van der Waals surface area contributed by atoms with E-state index in [1.807, 2.05) is 6.92 Å². The van der Waals surface area contributed by atoms with Crippen LogP contribution in [0.5, 0.6) is 0 Å². The van der Waals surface area contributed by atoms with Gasteiger partial charge in [0.15, 0.2) is 0 Å². The molecule has 2 rings (SSSR count). The van der Waals surface area contributed by atoms with E-state index in [1.54, 1.807) is 38.1 Å². The van der Waals surface area contributed by atoms with Crippen LogP contribution in [0.4, 0.5) is 0 Å². The number of ether oxygens (including phenoxy) is 2. The number of benzene rings is 1. The highest BCUT2D eigenvalue weighted by Crippen LogP contribution is 2.45. The summed E-state index contributed by atoms with van der Waals surface area (Å²) in [7, 11) is 0. The number of aldehydes is 1. The molecule has 0 spiro atoms. The molecule has 0 amide bonds. The second-order valence-corrected chi connectivity index (χ2v) is 6.59. The minimum absolute atomic E-state index is 0.121. The molecule has 0 radical (unpaired) electrons. The second-order valence-electron chi connectivity index (χ2n) is 6.15. The Morgan fingerprint density at radius 1 is 1.12 bits per heavy atom. The number of nitrogens with one attached hydrogen (secondary N) is 1. The third-order valence-electron chi connectivity index (χ3n) is 4.81. The van der Waals surface area contributed by atoms with Crippen molar-refractivity contribution in [2.45, 2.75) is 38.8 Å². The topological polar surface area (TPSA) is 81.7 Å². The van der Waals surface area contributed by atoms with Gasteiger partial charge in [0.1, 0.15) is 6.29 Å². The second kappa shape index (κ2) is 8.64. The van der Waals surface area contributed by atoms with Gasteiger partial charge in [0.2, 0.25) is 5.54 Å². The molecule has 0 saturated carbocycles. The molecule has 0 bridgehead atoms. The Labute approximate surface area is 158 Å². The van der Waals surface area contributed by atoms with Gasteiger partial charge in [0.25, 0.3) is 0 Å². The molecule has 0 unspecified atom stereocenters. The Balaban J connectivity index is 2.55. The number of carbonyl (C=O) groups excluding carboxylic acids is 3. The quantitative estimate of drug-likeness (QED) is 0.444. The van der Waals surface area contributed by atoms with Crippen LogP contribution < -0.4 is 5.32 Å². The number of carbonyl (C=O) groups is 3. The standard InChI is InChI=1S/C19H24ClNO5/c1-4-15-14(11-22)16(12-7-9-13(20)10-8-12)21-19(15,17(23)25-5-2)18(24)26-6-3/h7-11,14-16,21H,4-6H2,1-3H3/t14-,15-,16-/m1/s1. The van der Waals surface area contributed by atoms with Crippen molar-refractivity contribution in [3.8, 4) is 0 Å². The minimum Gasteiger partial charge on any atom is -0.464 e. The molecule has 142 valence electrons. The van der Waals surface area contributed by atoms with E-state index in [2.05, 4.69) is 5.32 Å². The molecule has 3 atom stereocenters. The van der Waals surface area contributed by atoms with Crippen LogP contribution in [0, 0.1) is 11.8 Å². The Hall–Kier alpha value is -1.92. The lowest BCUT2D eigenvalue weighted by Gasteiger charge is -2.31. The molecule has 1 aromatic carbocycles. The monoisotopic (exact) mass is 381 g/mol. The van der Waals surface area contributed by atoms with Gasteiger partial charge < -0.3 is 14.3 Å². The van der Waals surface area contributed by atoms with Crippen molar-refractivity contribution in [1.82, 2.24) is 5.32 Å². The number of rotatable bonds is 7. The first-order valence-electron chi connectivity index (χ1n) is 8.79. The maximum absolute atomic E-state index is 12.8. The predicted octanol–water partition coefficient (Wildman–Crippen LogP) is 2.69. The van der Waals surface area contributed by atoms with Crippen LogP contribution >= 0.6 is 11.6 Å². The highest BCUT2D eigenvalue weighted by Gasteiger charge is 2.63. The van der Waals surface area contributed by atoms with Gasteiger partial charge in [-0.25, -0.2) is 9.59 Å². The zero-order chi connectivity index (χ0) is 19.3. The van der Waals surface area contributed by atoms with Gasteiger partial charge in [-0.1, -0.05) is 30.7 Å². The first-order valence-corrected chi connectivity index (χ1v) is 9.16. The van der Waals surface area contributed by atoms with E-state index in [0.717, 1.165) is 11.8 Å². The molecule has 1 aliphatic rings. The third kappa shape index (κ3) is 3.48. The van der Waals surface area contributed by atoms with Crippen molar-refractivity contribution in [2.75, 3.05) is 13.2 Å². The number of esters is 2. The maximum atomic E-state index is 12.8. The summed E-state index contributed by atoms with van der Waals surface area (Å²) < 4.78 is 10.4. The first-order chi connectivity index (χ1) is 12.5. The van der Waals surface area contributed by atoms with Crippen LogP contribution in [0.2, 0.25) is 5.02 Å². The molecule has 7 heteroatoms. The van der Waals surface area contributed by atoms with Crippen LogP contribution in [-0.4, -0.2) is 37.0 Å². The van der Waals surface area contributed by atoms with Gasteiger partial charge in [-0.15, -0.1) is 0 Å². The fraction of sp³-hybridized carbons (Fsp3) is 0.526. The van der Waals surface area contributed by atoms with E-state index >= 15 is 0 Å². The van der Waals surface area contributed by atoms with Crippen molar-refractivity contribution >= 4 is 29.8 Å². The molecule has 1 aliphatic heterocycles. The molecule has 0 aromatic heterocycles. The highest BCUT2D eigenvalue weighted by atomic mass is 35.5. The lowest BCUT2D eigenvalue weighted by Crippen LogP contribution is -2.60. The maximum Gasteiger partial charge on any atom is 0.338 e. The zero-order valence-electron chi connectivity index (χ0n) is 15.2. The van der Waals surface area contributed by atoms with Crippen molar-refractivity contribution in [3.63, 3.8) is 0 Å². The molecule has 6 nitrogen and oxygen atoms in total. The van der Waals surface area contributed by atoms with Crippen molar-refractivity contribution in [2.24, 2.45) is 11.8 Å². The number of hydrogen-bond donors (Lipinski definition) is 1. The Morgan fingerprint density at radius 3 is 2.08 bits per heavy atom. The summed E-state index contributed by atoms with van der Waals surface area (Å²) in [5, 5.41) is 3.65. The van der Waals surface area contributed by atoms with Crippen LogP contribution in [0.1, 0.15) is 38.8 Å². The van der Waals surface area contributed by atoms with Gasteiger partial charge in [-0.2, -0.15) is 0 Å². The van der Waals surface area contributed by atoms with Crippen molar-refractivity contribution < 1.29 is 23.9 Å². The summed E-state index contributed by atoms with van der Waals surface area (Å²) in [6, 6.07) is 6.43. The normalized spacial score (nSPS) is 24.1. The van der Waals surface area contributed by atoms with E-state index in [4.69, 9.17) is 21.1 Å². The Kier molecular flexibility index (Phi) is 6.78. The number of halogens is 1. The summed E-state index contributed by atoms with van der Waals surface area (Å²) >= 11 is 5.95.